The maximum Gasteiger partial charge on any atom is 0.320 e. The second-order valence-electron chi connectivity index (χ2n) is 4.53. The molecule has 0 spiro atoms. The lowest BCUT2D eigenvalue weighted by atomic mass is 10.0. The largest absolute Gasteiger partial charge is 0.496 e. The van der Waals surface area contributed by atoms with E-state index in [1.54, 1.807) is 7.11 Å². The zero-order chi connectivity index (χ0) is 13.7. The van der Waals surface area contributed by atoms with Crippen LogP contribution in [0.2, 0.25) is 0 Å². The summed E-state index contributed by atoms with van der Waals surface area (Å²) in [4.78, 5) is 12.8. The van der Waals surface area contributed by atoms with Crippen LogP contribution in [0.5, 0.6) is 5.75 Å². The van der Waals surface area contributed by atoms with Crippen molar-refractivity contribution in [3.63, 3.8) is 0 Å². The van der Waals surface area contributed by atoms with Crippen molar-refractivity contribution in [3.8, 4) is 5.75 Å². The number of carboxylic acid groups (broad SMARTS) is 1. The molecule has 18 heavy (non-hydrogen) atoms. The second kappa shape index (κ2) is 6.37. The summed E-state index contributed by atoms with van der Waals surface area (Å²) in [5.74, 6) is -0.184. The average Bonchev–Trinajstić information content (AvgIpc) is 2.28. The Balaban J connectivity index is 2.91. The fraction of sp³-hybridized carbons (Fsp3) is 0.462. The highest BCUT2D eigenvalue weighted by molar-refractivity contribution is 5.73. The molecule has 0 aliphatic rings. The number of rotatable bonds is 6. The van der Waals surface area contributed by atoms with Crippen LogP contribution in [0.25, 0.3) is 0 Å². The number of methoxy groups -OCH3 is 1. The van der Waals surface area contributed by atoms with Crippen molar-refractivity contribution in [3.05, 3.63) is 29.3 Å². The first-order chi connectivity index (χ1) is 8.43. The Hall–Kier alpha value is -1.59. The Kier molecular flexibility index (Phi) is 5.12. The molecule has 0 fully saturated rings. The average molecular weight is 252 g/mol. The van der Waals surface area contributed by atoms with Crippen LogP contribution in [0.1, 0.15) is 11.1 Å². The van der Waals surface area contributed by atoms with Gasteiger partial charge in [-0.2, -0.15) is 0 Å². The van der Waals surface area contributed by atoms with E-state index in [9.17, 15) is 4.79 Å². The van der Waals surface area contributed by atoms with Crippen molar-refractivity contribution in [1.82, 2.24) is 4.90 Å². The molecule has 0 saturated carbocycles. The summed E-state index contributed by atoms with van der Waals surface area (Å²) in [5.41, 5.74) is 7.46. The number of carbonyl (C=O) groups is 1. The van der Waals surface area contributed by atoms with Gasteiger partial charge < -0.3 is 20.5 Å². The smallest absolute Gasteiger partial charge is 0.320 e. The van der Waals surface area contributed by atoms with E-state index in [1.807, 2.05) is 37.2 Å². The minimum atomic E-state index is -0.986. The number of nitrogens with zero attached hydrogens (tertiary/aromatic N) is 1. The Morgan fingerprint density at radius 1 is 1.50 bits per heavy atom. The van der Waals surface area contributed by atoms with Crippen LogP contribution in [-0.4, -0.2) is 43.2 Å². The van der Waals surface area contributed by atoms with Gasteiger partial charge in [-0.1, -0.05) is 12.1 Å². The number of hydrogen-bond donors (Lipinski definition) is 2. The zero-order valence-electron chi connectivity index (χ0n) is 11.0. The summed E-state index contributed by atoms with van der Waals surface area (Å²) in [6.45, 7) is 0.735. The summed E-state index contributed by atoms with van der Waals surface area (Å²) in [6.07, 6.45) is 0.319. The molecule has 5 nitrogen and oxygen atoms in total. The highest BCUT2D eigenvalue weighted by atomic mass is 16.5. The van der Waals surface area contributed by atoms with Gasteiger partial charge in [-0.25, -0.2) is 0 Å². The van der Waals surface area contributed by atoms with E-state index in [0.717, 1.165) is 23.4 Å². The predicted molar refractivity (Wildman–Crippen MR) is 69.7 cm³/mol. The van der Waals surface area contributed by atoms with Crippen molar-refractivity contribution in [2.24, 2.45) is 5.73 Å². The molecule has 5 heteroatoms. The van der Waals surface area contributed by atoms with E-state index in [0.29, 0.717) is 6.42 Å². The molecule has 0 aliphatic carbocycles. The van der Waals surface area contributed by atoms with Crippen LogP contribution in [0, 0.1) is 0 Å². The minimum absolute atomic E-state index is 0.319. The van der Waals surface area contributed by atoms with Gasteiger partial charge in [0.25, 0.3) is 0 Å². The summed E-state index contributed by atoms with van der Waals surface area (Å²) in [5, 5.41) is 8.80. The van der Waals surface area contributed by atoms with Crippen molar-refractivity contribution in [2.45, 2.75) is 19.0 Å². The molecular weight excluding hydrogens is 232 g/mol. The number of aliphatic carboxylic acids is 1. The molecule has 0 aliphatic heterocycles. The van der Waals surface area contributed by atoms with Gasteiger partial charge in [0.15, 0.2) is 0 Å². The summed E-state index contributed by atoms with van der Waals surface area (Å²) in [6, 6.07) is 4.77. The van der Waals surface area contributed by atoms with E-state index < -0.39 is 12.0 Å². The van der Waals surface area contributed by atoms with Crippen LogP contribution in [0.4, 0.5) is 0 Å². The van der Waals surface area contributed by atoms with E-state index in [2.05, 4.69) is 0 Å². The first kappa shape index (κ1) is 14.5. The van der Waals surface area contributed by atoms with Gasteiger partial charge in [0.1, 0.15) is 11.8 Å². The molecule has 0 heterocycles. The molecular formula is C13H20N2O3. The van der Waals surface area contributed by atoms with Gasteiger partial charge in [0.2, 0.25) is 0 Å². The Morgan fingerprint density at radius 2 is 2.17 bits per heavy atom. The molecule has 1 rings (SSSR count). The SMILES string of the molecule is COc1ccc(CC(N)C(=O)O)cc1CN(C)C. The number of carboxylic acids is 1. The third-order valence-corrected chi connectivity index (χ3v) is 2.60. The number of hydrogen-bond acceptors (Lipinski definition) is 4. The molecule has 1 aromatic rings. The molecule has 3 N–H and O–H groups in total. The first-order valence-electron chi connectivity index (χ1n) is 5.73. The topological polar surface area (TPSA) is 75.8 Å². The fourth-order valence-electron chi connectivity index (χ4n) is 1.76. The number of ether oxygens (including phenoxy) is 1. The highest BCUT2D eigenvalue weighted by Gasteiger charge is 2.13. The highest BCUT2D eigenvalue weighted by Crippen LogP contribution is 2.21. The molecule has 1 atom stereocenters. The normalized spacial score (nSPS) is 12.5. The van der Waals surface area contributed by atoms with Gasteiger partial charge in [-0.05, 0) is 32.1 Å². The van der Waals surface area contributed by atoms with E-state index in [-0.39, 0.29) is 0 Å². The van der Waals surface area contributed by atoms with E-state index >= 15 is 0 Å². The third-order valence-electron chi connectivity index (χ3n) is 2.60. The van der Waals surface area contributed by atoms with Gasteiger partial charge in [0, 0.05) is 12.1 Å². The molecule has 100 valence electrons. The lowest BCUT2D eigenvalue weighted by Gasteiger charge is -2.15. The molecule has 0 saturated heterocycles. The van der Waals surface area contributed by atoms with Crippen LogP contribution in [-0.2, 0) is 17.8 Å². The van der Waals surface area contributed by atoms with Crippen LogP contribution < -0.4 is 10.5 Å². The van der Waals surface area contributed by atoms with Gasteiger partial charge in [0.05, 0.1) is 7.11 Å². The Labute approximate surface area is 107 Å². The fourth-order valence-corrected chi connectivity index (χ4v) is 1.76. The van der Waals surface area contributed by atoms with Crippen molar-refractivity contribution in [2.75, 3.05) is 21.2 Å². The Morgan fingerprint density at radius 3 is 2.67 bits per heavy atom. The molecule has 1 unspecified atom stereocenters. The molecule has 0 aromatic heterocycles. The van der Waals surface area contributed by atoms with E-state index in [4.69, 9.17) is 15.6 Å². The second-order valence-corrected chi connectivity index (χ2v) is 4.53. The predicted octanol–water partition coefficient (Wildman–Crippen LogP) is 0.711. The minimum Gasteiger partial charge on any atom is -0.496 e. The number of benzene rings is 1. The van der Waals surface area contributed by atoms with Crippen LogP contribution in [0.3, 0.4) is 0 Å². The maximum absolute atomic E-state index is 10.7. The molecule has 0 amide bonds. The van der Waals surface area contributed by atoms with Crippen molar-refractivity contribution >= 4 is 5.97 Å². The lowest BCUT2D eigenvalue weighted by Crippen LogP contribution is -2.32. The van der Waals surface area contributed by atoms with Gasteiger partial charge >= 0.3 is 5.97 Å². The van der Waals surface area contributed by atoms with Crippen molar-refractivity contribution < 1.29 is 14.6 Å². The monoisotopic (exact) mass is 252 g/mol. The first-order valence-corrected chi connectivity index (χ1v) is 5.73. The lowest BCUT2D eigenvalue weighted by molar-refractivity contribution is -0.138. The standard InChI is InChI=1S/C13H20N2O3/c1-15(2)8-10-6-9(4-5-12(10)18-3)7-11(14)13(16)17/h4-6,11H,7-8,14H2,1-3H3,(H,16,17). The quantitative estimate of drug-likeness (QED) is 0.780. The van der Waals surface area contributed by atoms with Gasteiger partial charge in [-0.15, -0.1) is 0 Å². The zero-order valence-corrected chi connectivity index (χ0v) is 11.0. The van der Waals surface area contributed by atoms with Gasteiger partial charge in [-0.3, -0.25) is 4.79 Å². The molecule has 0 radical (unpaired) electrons. The molecule has 0 bridgehead atoms. The van der Waals surface area contributed by atoms with Crippen LogP contribution >= 0.6 is 0 Å². The van der Waals surface area contributed by atoms with Crippen molar-refractivity contribution in [1.29, 1.82) is 0 Å². The van der Waals surface area contributed by atoms with Crippen LogP contribution in [0.15, 0.2) is 18.2 Å². The molecule has 1 aromatic carbocycles. The summed E-state index contributed by atoms with van der Waals surface area (Å²) in [7, 11) is 5.56. The number of nitrogens with two attached hydrogens (primary N) is 1. The summed E-state index contributed by atoms with van der Waals surface area (Å²) >= 11 is 0. The maximum atomic E-state index is 10.7. The Bertz CT molecular complexity index is 419. The summed E-state index contributed by atoms with van der Waals surface area (Å²) < 4.78 is 5.28. The third kappa shape index (κ3) is 4.01. The van der Waals surface area contributed by atoms with E-state index in [1.165, 1.54) is 0 Å².